The molecule has 0 saturated heterocycles. The number of carbonyl (C=O) groups is 3. The lowest BCUT2D eigenvalue weighted by molar-refractivity contribution is -0.274. The van der Waals surface area contributed by atoms with Crippen molar-refractivity contribution in [2.75, 3.05) is 17.3 Å². The van der Waals surface area contributed by atoms with Crippen LogP contribution in [0, 0.1) is 5.92 Å². The van der Waals surface area contributed by atoms with Gasteiger partial charge in [0.15, 0.2) is 0 Å². The van der Waals surface area contributed by atoms with Gasteiger partial charge in [0.25, 0.3) is 5.91 Å². The molecule has 3 aromatic rings. The van der Waals surface area contributed by atoms with Crippen LogP contribution in [0.1, 0.15) is 48.9 Å². The smallest absolute Gasteiger partial charge is 0.406 e. The van der Waals surface area contributed by atoms with Crippen molar-refractivity contribution in [2.45, 2.75) is 51.4 Å². The van der Waals surface area contributed by atoms with Gasteiger partial charge in [0.2, 0.25) is 17.8 Å². The van der Waals surface area contributed by atoms with Gasteiger partial charge in [-0.2, -0.15) is 0 Å². The molecule has 38 heavy (non-hydrogen) atoms. The summed E-state index contributed by atoms with van der Waals surface area (Å²) < 4.78 is 42.7. The number of hydrogen-bond donors (Lipinski definition) is 2. The Bertz CT molecular complexity index is 1330. The molecule has 9 nitrogen and oxygen atoms in total. The number of nitrogens with one attached hydrogen (secondary N) is 1. The molecule has 0 unspecified atom stereocenters. The minimum absolute atomic E-state index is 0.0136. The maximum absolute atomic E-state index is 13.0. The van der Waals surface area contributed by atoms with Crippen molar-refractivity contribution in [3.63, 3.8) is 0 Å². The van der Waals surface area contributed by atoms with E-state index in [1.807, 2.05) is 0 Å². The van der Waals surface area contributed by atoms with E-state index in [1.165, 1.54) is 12.1 Å². The van der Waals surface area contributed by atoms with Crippen LogP contribution in [0.15, 0.2) is 42.5 Å². The van der Waals surface area contributed by atoms with Gasteiger partial charge in [-0.05, 0) is 55.3 Å². The first kappa shape index (κ1) is 27.0. The highest BCUT2D eigenvalue weighted by Gasteiger charge is 2.31. The first-order chi connectivity index (χ1) is 18.0. The Hall–Kier alpha value is -4.09. The van der Waals surface area contributed by atoms with Gasteiger partial charge in [0.05, 0.1) is 11.0 Å². The number of aryl methyl sites for hydroxylation is 1. The summed E-state index contributed by atoms with van der Waals surface area (Å²) in [5.41, 5.74) is 7.14. The van der Waals surface area contributed by atoms with Crippen molar-refractivity contribution in [2.24, 2.45) is 11.7 Å². The summed E-state index contributed by atoms with van der Waals surface area (Å²) in [6, 6.07) is 9.70. The fourth-order valence-corrected chi connectivity index (χ4v) is 4.60. The lowest BCUT2D eigenvalue weighted by Gasteiger charge is -2.26. The molecule has 1 heterocycles. The van der Waals surface area contributed by atoms with Gasteiger partial charge in [0, 0.05) is 37.2 Å². The number of imidazole rings is 1. The van der Waals surface area contributed by atoms with Crippen LogP contribution in [0.3, 0.4) is 0 Å². The van der Waals surface area contributed by atoms with E-state index in [0.29, 0.717) is 16.7 Å². The molecule has 1 aliphatic carbocycles. The average molecular weight is 532 g/mol. The summed E-state index contributed by atoms with van der Waals surface area (Å²) in [5.74, 6) is -1.46. The number of rotatable bonds is 8. The summed E-state index contributed by atoms with van der Waals surface area (Å²) in [4.78, 5) is 43.4. The van der Waals surface area contributed by atoms with Crippen LogP contribution in [-0.4, -0.2) is 40.7 Å². The molecule has 1 fully saturated rings. The van der Waals surface area contributed by atoms with E-state index < -0.39 is 23.9 Å². The Morgan fingerprint density at radius 1 is 1.11 bits per heavy atom. The van der Waals surface area contributed by atoms with E-state index in [0.717, 1.165) is 44.2 Å². The normalized spacial score (nSPS) is 14.3. The van der Waals surface area contributed by atoms with Gasteiger partial charge < -0.3 is 19.9 Å². The summed E-state index contributed by atoms with van der Waals surface area (Å²) >= 11 is 0. The summed E-state index contributed by atoms with van der Waals surface area (Å²) in [6.07, 6.45) is 0.0907. The Morgan fingerprint density at radius 3 is 2.42 bits per heavy atom. The molecule has 2 aromatic carbocycles. The Kier molecular flexibility index (Phi) is 7.88. The number of fused-ring (bicyclic) bond motifs is 1. The van der Waals surface area contributed by atoms with Crippen molar-refractivity contribution >= 4 is 40.4 Å². The maximum atomic E-state index is 13.0. The van der Waals surface area contributed by atoms with E-state index in [1.54, 1.807) is 34.7 Å². The highest BCUT2D eigenvalue weighted by molar-refractivity contribution is 6.04. The molecule has 1 aliphatic rings. The first-order valence-corrected chi connectivity index (χ1v) is 12.2. The number of carbonyl (C=O) groups excluding carboxylic acids is 3. The molecule has 12 heteroatoms. The number of benzene rings is 2. The zero-order valence-electron chi connectivity index (χ0n) is 20.8. The van der Waals surface area contributed by atoms with Crippen LogP contribution in [0.4, 0.5) is 24.8 Å². The number of ether oxygens (including phenoxy) is 1. The van der Waals surface area contributed by atoms with Crippen molar-refractivity contribution in [3.8, 4) is 5.75 Å². The van der Waals surface area contributed by atoms with Crippen LogP contribution in [-0.2, 0) is 16.1 Å². The van der Waals surface area contributed by atoms with Crippen LogP contribution >= 0.6 is 0 Å². The molecule has 1 aromatic heterocycles. The molecule has 4 rings (SSSR count). The largest absolute Gasteiger partial charge is 0.573 e. The van der Waals surface area contributed by atoms with E-state index >= 15 is 0 Å². The van der Waals surface area contributed by atoms with Crippen molar-refractivity contribution in [1.29, 1.82) is 0 Å². The van der Waals surface area contributed by atoms with Crippen LogP contribution in [0.2, 0.25) is 0 Å². The fourth-order valence-electron chi connectivity index (χ4n) is 4.60. The second kappa shape index (κ2) is 11.1. The van der Waals surface area contributed by atoms with Crippen LogP contribution < -0.4 is 20.7 Å². The van der Waals surface area contributed by atoms with Gasteiger partial charge >= 0.3 is 6.36 Å². The molecule has 202 valence electrons. The van der Waals surface area contributed by atoms with E-state index in [-0.39, 0.29) is 36.3 Å². The van der Waals surface area contributed by atoms with Crippen molar-refractivity contribution in [3.05, 3.63) is 48.0 Å². The highest BCUT2D eigenvalue weighted by atomic mass is 19.4. The van der Waals surface area contributed by atoms with E-state index in [2.05, 4.69) is 15.0 Å². The number of nitrogens with zero attached hydrogens (tertiary/aromatic N) is 3. The number of aromatic nitrogens is 2. The minimum atomic E-state index is -4.84. The van der Waals surface area contributed by atoms with Crippen LogP contribution in [0.5, 0.6) is 5.75 Å². The second-order valence-corrected chi connectivity index (χ2v) is 9.23. The van der Waals surface area contributed by atoms with Gasteiger partial charge in [-0.3, -0.25) is 19.7 Å². The van der Waals surface area contributed by atoms with Crippen molar-refractivity contribution in [1.82, 2.24) is 9.55 Å². The zero-order chi connectivity index (χ0) is 27.4. The Balaban J connectivity index is 1.59. The standard InChI is InChI=1S/C26H28F3N5O4/c1-33(24(37)17-5-3-2-4-6-17)18-9-12-21-20(15-18)31-25(34(21)14-13-22(30)35)32-23(36)16-7-10-19(11-8-16)38-26(27,28)29/h7-12,15,17H,2-6,13-14H2,1H3,(H2,30,35)(H,31,32,36). The molecule has 0 radical (unpaired) electrons. The second-order valence-electron chi connectivity index (χ2n) is 9.23. The molecule has 3 amide bonds. The van der Waals surface area contributed by atoms with Crippen LogP contribution in [0.25, 0.3) is 11.0 Å². The number of anilines is 2. The monoisotopic (exact) mass is 531 g/mol. The third-order valence-electron chi connectivity index (χ3n) is 6.56. The predicted molar refractivity (Wildman–Crippen MR) is 135 cm³/mol. The zero-order valence-corrected chi connectivity index (χ0v) is 20.8. The van der Waals surface area contributed by atoms with Gasteiger partial charge in [0.1, 0.15) is 5.75 Å². The summed E-state index contributed by atoms with van der Waals surface area (Å²) in [5, 5.41) is 2.65. The Labute approximate surface area is 216 Å². The molecule has 0 spiro atoms. The molecule has 1 saturated carbocycles. The number of nitrogens with two attached hydrogens (primary N) is 1. The molecular formula is C26H28F3N5O4. The molecule has 0 aliphatic heterocycles. The third-order valence-corrected chi connectivity index (χ3v) is 6.56. The van der Waals surface area contributed by atoms with E-state index in [4.69, 9.17) is 5.73 Å². The minimum Gasteiger partial charge on any atom is -0.406 e. The molecule has 3 N–H and O–H groups in total. The average Bonchev–Trinajstić information content (AvgIpc) is 3.22. The third kappa shape index (κ3) is 6.42. The number of alkyl halides is 3. The summed E-state index contributed by atoms with van der Waals surface area (Å²) in [7, 11) is 1.72. The first-order valence-electron chi connectivity index (χ1n) is 12.2. The molecule has 0 bridgehead atoms. The highest BCUT2D eigenvalue weighted by Crippen LogP contribution is 2.30. The fraction of sp³-hybridized carbons (Fsp3) is 0.385. The predicted octanol–water partition coefficient (Wildman–Crippen LogP) is 4.61. The number of hydrogen-bond acceptors (Lipinski definition) is 5. The number of primary amides is 1. The quantitative estimate of drug-likeness (QED) is 0.440. The number of halogens is 3. The van der Waals surface area contributed by atoms with Crippen molar-refractivity contribution < 1.29 is 32.3 Å². The molecule has 0 atom stereocenters. The summed E-state index contributed by atoms with van der Waals surface area (Å²) in [6.45, 7) is 0.135. The van der Waals surface area contributed by atoms with Gasteiger partial charge in [-0.25, -0.2) is 4.98 Å². The topological polar surface area (TPSA) is 120 Å². The lowest BCUT2D eigenvalue weighted by atomic mass is 9.88. The SMILES string of the molecule is CN(C(=O)C1CCCCC1)c1ccc2c(c1)nc(NC(=O)c1ccc(OC(F)(F)F)cc1)n2CCC(N)=O. The van der Waals surface area contributed by atoms with E-state index in [9.17, 15) is 27.6 Å². The van der Waals surface area contributed by atoms with Gasteiger partial charge in [-0.1, -0.05) is 19.3 Å². The Morgan fingerprint density at radius 2 is 1.79 bits per heavy atom. The number of amides is 3. The van der Waals surface area contributed by atoms with Gasteiger partial charge in [-0.15, -0.1) is 13.2 Å². The lowest BCUT2D eigenvalue weighted by Crippen LogP contribution is -2.33. The maximum Gasteiger partial charge on any atom is 0.573 e. The molecular weight excluding hydrogens is 503 g/mol.